The summed E-state index contributed by atoms with van der Waals surface area (Å²) in [7, 11) is 6.43. The van der Waals surface area contributed by atoms with Crippen molar-refractivity contribution in [3.05, 3.63) is 127 Å². The molecule has 0 bridgehead atoms. The van der Waals surface area contributed by atoms with Gasteiger partial charge < -0.3 is 0 Å². The molecule has 1 heteroatoms. The predicted molar refractivity (Wildman–Crippen MR) is 157 cm³/mol. The molecule has 0 N–H and O–H groups in total. The van der Waals surface area contributed by atoms with E-state index >= 15 is 0 Å². The lowest BCUT2D eigenvalue weighted by Gasteiger charge is -2.20. The first kappa shape index (κ1) is 21.0. The summed E-state index contributed by atoms with van der Waals surface area (Å²) in [5.74, 6) is 0. The van der Waals surface area contributed by atoms with Crippen LogP contribution in [0.1, 0.15) is 5.56 Å². The molecule has 0 atom stereocenters. The lowest BCUT2D eigenvalue weighted by molar-refractivity contribution is 1.51. The smallest absolute Gasteiger partial charge is 0.0960 e. The Balaban J connectivity index is 1.73. The Bertz CT molecular complexity index is 1810. The van der Waals surface area contributed by atoms with Gasteiger partial charge in [-0.1, -0.05) is 132 Å². The van der Waals surface area contributed by atoms with Crippen molar-refractivity contribution in [2.45, 2.75) is 6.92 Å². The van der Waals surface area contributed by atoms with Crippen LogP contribution in [-0.4, -0.2) is 7.85 Å². The van der Waals surface area contributed by atoms with Gasteiger partial charge in [-0.2, -0.15) is 0 Å². The maximum Gasteiger partial charge on any atom is 0.113 e. The lowest BCUT2D eigenvalue weighted by atomic mass is 9.81. The number of aryl methyl sites for hydroxylation is 1. The number of rotatable bonds is 2. The van der Waals surface area contributed by atoms with Crippen LogP contribution in [0.2, 0.25) is 0 Å². The molecule has 0 aliphatic carbocycles. The first-order valence-corrected chi connectivity index (χ1v) is 12.4. The average molecular weight is 454 g/mol. The monoisotopic (exact) mass is 454 g/mol. The minimum atomic E-state index is 0.777. The zero-order valence-corrected chi connectivity index (χ0v) is 20.1. The van der Waals surface area contributed by atoms with Gasteiger partial charge in [0.05, 0.1) is 0 Å². The van der Waals surface area contributed by atoms with E-state index in [1.165, 1.54) is 70.9 Å². The van der Waals surface area contributed by atoms with Gasteiger partial charge >= 0.3 is 0 Å². The summed E-state index contributed by atoms with van der Waals surface area (Å²) in [5, 5.41) is 9.93. The third-order valence-corrected chi connectivity index (χ3v) is 7.41. The fourth-order valence-electron chi connectivity index (χ4n) is 5.83. The van der Waals surface area contributed by atoms with Crippen LogP contribution in [-0.2, 0) is 0 Å². The van der Waals surface area contributed by atoms with Crippen LogP contribution in [0.5, 0.6) is 0 Å². The molecule has 2 radical (unpaired) electrons. The van der Waals surface area contributed by atoms with E-state index in [0.717, 1.165) is 5.46 Å². The normalized spacial score (nSPS) is 11.6. The van der Waals surface area contributed by atoms with E-state index in [4.69, 9.17) is 7.85 Å². The van der Waals surface area contributed by atoms with Crippen molar-refractivity contribution in [1.82, 2.24) is 0 Å². The van der Waals surface area contributed by atoms with Crippen LogP contribution in [0.15, 0.2) is 121 Å². The Morgan fingerprint density at radius 1 is 0.417 bits per heavy atom. The highest BCUT2D eigenvalue weighted by atomic mass is 14.2. The zero-order chi connectivity index (χ0) is 24.2. The second-order valence-electron chi connectivity index (χ2n) is 9.66. The molecule has 0 fully saturated rings. The van der Waals surface area contributed by atoms with Gasteiger partial charge in [-0.05, 0) is 72.3 Å². The van der Waals surface area contributed by atoms with E-state index in [0.29, 0.717) is 0 Å². The van der Waals surface area contributed by atoms with Crippen LogP contribution in [0.3, 0.4) is 0 Å². The van der Waals surface area contributed by atoms with Crippen molar-refractivity contribution in [2.24, 2.45) is 0 Å². The first-order chi connectivity index (χ1) is 17.7. The van der Waals surface area contributed by atoms with Crippen molar-refractivity contribution in [3.8, 4) is 22.3 Å². The van der Waals surface area contributed by atoms with E-state index < -0.39 is 0 Å². The molecule has 7 aromatic carbocycles. The summed E-state index contributed by atoms with van der Waals surface area (Å²) < 4.78 is 0. The van der Waals surface area contributed by atoms with Crippen LogP contribution in [0.4, 0.5) is 0 Å². The van der Waals surface area contributed by atoms with Crippen molar-refractivity contribution < 1.29 is 0 Å². The van der Waals surface area contributed by atoms with Gasteiger partial charge in [0.15, 0.2) is 0 Å². The number of hydrogen-bond donors (Lipinski definition) is 0. The topological polar surface area (TPSA) is 0 Å². The molecule has 0 saturated carbocycles. The Hall–Kier alpha value is -4.36. The molecule has 7 rings (SSSR count). The molecule has 0 nitrogen and oxygen atoms in total. The van der Waals surface area contributed by atoms with Gasteiger partial charge in [0.2, 0.25) is 0 Å². The Morgan fingerprint density at radius 3 is 1.53 bits per heavy atom. The third-order valence-electron chi connectivity index (χ3n) is 7.41. The van der Waals surface area contributed by atoms with E-state index in [2.05, 4.69) is 122 Å². The number of hydrogen-bond acceptors (Lipinski definition) is 0. The van der Waals surface area contributed by atoms with Crippen LogP contribution >= 0.6 is 0 Å². The standard InChI is InChI=1S/C35H23B/c1-22-16-18-30-32(20-22)34(28-14-6-10-23-8-2-4-12-26(23)28)31-19-17-25(36)21-33(31)35(30)29-15-7-11-24-9-3-5-13-27(24)29/h2-21H,1H3. The predicted octanol–water partition coefficient (Wildman–Crippen LogP) is 8.74. The summed E-state index contributed by atoms with van der Waals surface area (Å²) in [6.45, 7) is 2.18. The summed E-state index contributed by atoms with van der Waals surface area (Å²) in [5.41, 5.74) is 7.03. The van der Waals surface area contributed by atoms with Gasteiger partial charge in [0.25, 0.3) is 0 Å². The molecule has 0 amide bonds. The van der Waals surface area contributed by atoms with Crippen molar-refractivity contribution >= 4 is 56.4 Å². The second-order valence-corrected chi connectivity index (χ2v) is 9.66. The van der Waals surface area contributed by atoms with Gasteiger partial charge in [0, 0.05) is 0 Å². The quantitative estimate of drug-likeness (QED) is 0.181. The maximum atomic E-state index is 6.43. The summed E-state index contributed by atoms with van der Waals surface area (Å²) in [6.07, 6.45) is 0. The largest absolute Gasteiger partial charge is 0.113 e. The summed E-state index contributed by atoms with van der Waals surface area (Å²) in [4.78, 5) is 0. The SMILES string of the molecule is [B]c1ccc2c(-c3cccc4ccccc34)c3cc(C)ccc3c(-c3cccc4ccccc34)c2c1. The molecular weight excluding hydrogens is 431 g/mol. The highest BCUT2D eigenvalue weighted by molar-refractivity contribution is 6.35. The molecule has 166 valence electrons. The van der Waals surface area contributed by atoms with Gasteiger partial charge in [-0.25, -0.2) is 0 Å². The highest BCUT2D eigenvalue weighted by Crippen LogP contribution is 2.46. The number of fused-ring (bicyclic) bond motifs is 4. The molecule has 0 aromatic heterocycles. The molecule has 36 heavy (non-hydrogen) atoms. The molecule has 0 heterocycles. The molecule has 0 saturated heterocycles. The van der Waals surface area contributed by atoms with Crippen molar-refractivity contribution in [2.75, 3.05) is 0 Å². The first-order valence-electron chi connectivity index (χ1n) is 12.4. The molecule has 0 aliphatic rings. The molecule has 7 aromatic rings. The summed E-state index contributed by atoms with van der Waals surface area (Å²) in [6, 6.07) is 43.8. The van der Waals surface area contributed by atoms with Gasteiger partial charge in [-0.3, -0.25) is 0 Å². The van der Waals surface area contributed by atoms with Crippen molar-refractivity contribution in [3.63, 3.8) is 0 Å². The van der Waals surface area contributed by atoms with Crippen LogP contribution in [0, 0.1) is 6.92 Å². The second kappa shape index (κ2) is 8.10. The fraction of sp³-hybridized carbons (Fsp3) is 0.0286. The van der Waals surface area contributed by atoms with Crippen molar-refractivity contribution in [1.29, 1.82) is 0 Å². The van der Waals surface area contributed by atoms with Gasteiger partial charge in [0.1, 0.15) is 7.85 Å². The van der Waals surface area contributed by atoms with Crippen LogP contribution in [0.25, 0.3) is 65.3 Å². The minimum Gasteiger partial charge on any atom is -0.0960 e. The lowest BCUT2D eigenvalue weighted by Crippen LogP contribution is -2.02. The Labute approximate surface area is 212 Å². The van der Waals surface area contributed by atoms with Crippen LogP contribution < -0.4 is 5.46 Å². The Morgan fingerprint density at radius 2 is 0.917 bits per heavy atom. The van der Waals surface area contributed by atoms with E-state index in [1.54, 1.807) is 0 Å². The molecule has 0 unspecified atom stereocenters. The molecule has 0 aliphatic heterocycles. The summed E-state index contributed by atoms with van der Waals surface area (Å²) >= 11 is 0. The van der Waals surface area contributed by atoms with E-state index in [9.17, 15) is 0 Å². The highest BCUT2D eigenvalue weighted by Gasteiger charge is 2.19. The molecular formula is C35H23B. The van der Waals surface area contributed by atoms with E-state index in [-0.39, 0.29) is 0 Å². The maximum absolute atomic E-state index is 6.43. The fourth-order valence-corrected chi connectivity index (χ4v) is 5.83. The third kappa shape index (κ3) is 3.17. The number of benzene rings is 7. The minimum absolute atomic E-state index is 0.777. The average Bonchev–Trinajstić information content (AvgIpc) is 2.91. The Kier molecular flexibility index (Phi) is 4.72. The zero-order valence-electron chi connectivity index (χ0n) is 20.1. The van der Waals surface area contributed by atoms with Gasteiger partial charge in [-0.15, -0.1) is 0 Å². The molecule has 0 spiro atoms. The van der Waals surface area contributed by atoms with E-state index in [1.807, 2.05) is 6.07 Å².